The standard InChI is InChI=1S/C17H19FN2O/c1-12-3-4-14(9-16(12)18)11-20-10-13-5-7-15(8-6-13)17(21)19-2/h3-9,20H,10-11H2,1-2H3,(H,19,21). The Morgan fingerprint density at radius 2 is 1.67 bits per heavy atom. The summed E-state index contributed by atoms with van der Waals surface area (Å²) >= 11 is 0. The Morgan fingerprint density at radius 1 is 1.05 bits per heavy atom. The van der Waals surface area contributed by atoms with Gasteiger partial charge in [-0.25, -0.2) is 4.39 Å². The van der Waals surface area contributed by atoms with E-state index in [9.17, 15) is 9.18 Å². The van der Waals surface area contributed by atoms with Gasteiger partial charge in [-0.15, -0.1) is 0 Å². The molecule has 2 N–H and O–H groups in total. The molecule has 4 heteroatoms. The maximum atomic E-state index is 13.4. The number of rotatable bonds is 5. The van der Waals surface area contributed by atoms with Gasteiger partial charge >= 0.3 is 0 Å². The van der Waals surface area contributed by atoms with Gasteiger partial charge in [-0.1, -0.05) is 24.3 Å². The molecule has 2 aromatic carbocycles. The summed E-state index contributed by atoms with van der Waals surface area (Å²) in [5.41, 5.74) is 3.29. The molecule has 0 saturated heterocycles. The molecule has 0 unspecified atom stereocenters. The van der Waals surface area contributed by atoms with Crippen molar-refractivity contribution in [3.05, 3.63) is 70.5 Å². The summed E-state index contributed by atoms with van der Waals surface area (Å²) in [5, 5.41) is 5.85. The highest BCUT2D eigenvalue weighted by Gasteiger charge is 2.02. The van der Waals surface area contributed by atoms with Crippen molar-refractivity contribution in [1.29, 1.82) is 0 Å². The summed E-state index contributed by atoms with van der Waals surface area (Å²) in [5.74, 6) is -0.270. The lowest BCUT2D eigenvalue weighted by atomic mass is 10.1. The molecule has 0 spiro atoms. The molecule has 0 fully saturated rings. The van der Waals surface area contributed by atoms with Crippen molar-refractivity contribution < 1.29 is 9.18 Å². The number of hydrogen-bond donors (Lipinski definition) is 2. The third-order valence-corrected chi connectivity index (χ3v) is 3.34. The Labute approximate surface area is 124 Å². The van der Waals surface area contributed by atoms with E-state index >= 15 is 0 Å². The highest BCUT2D eigenvalue weighted by Crippen LogP contribution is 2.09. The van der Waals surface area contributed by atoms with Gasteiger partial charge in [0.25, 0.3) is 5.91 Å². The van der Waals surface area contributed by atoms with Gasteiger partial charge in [0, 0.05) is 25.7 Å². The Hall–Kier alpha value is -2.20. The molecule has 1 amide bonds. The van der Waals surface area contributed by atoms with Crippen LogP contribution in [0.2, 0.25) is 0 Å². The molecule has 0 saturated carbocycles. The predicted octanol–water partition coefficient (Wildman–Crippen LogP) is 2.78. The average Bonchev–Trinajstić information content (AvgIpc) is 2.51. The van der Waals surface area contributed by atoms with Gasteiger partial charge in [-0.3, -0.25) is 4.79 Å². The molecular formula is C17H19FN2O. The summed E-state index contributed by atoms with van der Waals surface area (Å²) in [6.45, 7) is 3.03. The summed E-state index contributed by atoms with van der Waals surface area (Å²) in [6, 6.07) is 12.7. The van der Waals surface area contributed by atoms with Crippen molar-refractivity contribution in [2.75, 3.05) is 7.05 Å². The topological polar surface area (TPSA) is 41.1 Å². The number of nitrogens with one attached hydrogen (secondary N) is 2. The molecule has 0 aliphatic heterocycles. The monoisotopic (exact) mass is 286 g/mol. The lowest BCUT2D eigenvalue weighted by Gasteiger charge is -2.07. The van der Waals surface area contributed by atoms with Crippen LogP contribution in [0.25, 0.3) is 0 Å². The number of carbonyl (C=O) groups excluding carboxylic acids is 1. The number of hydrogen-bond acceptors (Lipinski definition) is 2. The van der Waals surface area contributed by atoms with Crippen molar-refractivity contribution in [2.45, 2.75) is 20.0 Å². The fraction of sp³-hybridized carbons (Fsp3) is 0.235. The molecule has 3 nitrogen and oxygen atoms in total. The number of halogens is 1. The van der Waals surface area contributed by atoms with Crippen molar-refractivity contribution in [1.82, 2.24) is 10.6 Å². The van der Waals surface area contributed by atoms with Gasteiger partial charge in [0.05, 0.1) is 0 Å². The Bertz CT molecular complexity index is 623. The highest BCUT2D eigenvalue weighted by molar-refractivity contribution is 5.93. The lowest BCUT2D eigenvalue weighted by molar-refractivity contribution is 0.0963. The van der Waals surface area contributed by atoms with E-state index in [0.717, 1.165) is 11.1 Å². The molecule has 0 atom stereocenters. The summed E-state index contributed by atoms with van der Waals surface area (Å²) in [4.78, 5) is 11.4. The van der Waals surface area contributed by atoms with E-state index in [1.54, 1.807) is 38.2 Å². The molecule has 0 aromatic heterocycles. The molecule has 0 bridgehead atoms. The van der Waals surface area contributed by atoms with E-state index in [0.29, 0.717) is 24.2 Å². The van der Waals surface area contributed by atoms with E-state index in [4.69, 9.17) is 0 Å². The fourth-order valence-corrected chi connectivity index (χ4v) is 2.02. The minimum absolute atomic E-state index is 0.0929. The normalized spacial score (nSPS) is 10.4. The first-order valence-electron chi connectivity index (χ1n) is 6.87. The van der Waals surface area contributed by atoms with Crippen molar-refractivity contribution in [2.24, 2.45) is 0 Å². The van der Waals surface area contributed by atoms with Crippen molar-refractivity contribution in [3.8, 4) is 0 Å². The minimum atomic E-state index is -0.177. The van der Waals surface area contributed by atoms with Crippen LogP contribution < -0.4 is 10.6 Å². The molecule has 0 aliphatic rings. The van der Waals surface area contributed by atoms with E-state index in [-0.39, 0.29) is 11.7 Å². The average molecular weight is 286 g/mol. The largest absolute Gasteiger partial charge is 0.355 e. The van der Waals surface area contributed by atoms with E-state index in [1.807, 2.05) is 18.2 Å². The molecule has 0 aliphatic carbocycles. The Balaban J connectivity index is 1.88. The molecule has 110 valence electrons. The Kier molecular flexibility index (Phi) is 5.06. The number of amides is 1. The van der Waals surface area contributed by atoms with Gasteiger partial charge in [0.15, 0.2) is 0 Å². The fourth-order valence-electron chi connectivity index (χ4n) is 2.02. The molecule has 2 rings (SSSR count). The third-order valence-electron chi connectivity index (χ3n) is 3.34. The molecule has 0 heterocycles. The maximum Gasteiger partial charge on any atom is 0.251 e. The van der Waals surface area contributed by atoms with Crippen LogP contribution in [0.3, 0.4) is 0 Å². The second-order valence-corrected chi connectivity index (χ2v) is 4.96. The van der Waals surface area contributed by atoms with Gasteiger partial charge in [-0.05, 0) is 41.8 Å². The number of aryl methyl sites for hydroxylation is 1. The summed E-state index contributed by atoms with van der Waals surface area (Å²) in [7, 11) is 1.61. The van der Waals surface area contributed by atoms with E-state index in [2.05, 4.69) is 10.6 Å². The van der Waals surface area contributed by atoms with Crippen LogP contribution in [-0.2, 0) is 13.1 Å². The van der Waals surface area contributed by atoms with Gasteiger partial charge in [0.1, 0.15) is 5.82 Å². The maximum absolute atomic E-state index is 13.4. The quantitative estimate of drug-likeness (QED) is 0.887. The van der Waals surface area contributed by atoms with Gasteiger partial charge in [0.2, 0.25) is 0 Å². The number of carbonyl (C=O) groups is 1. The van der Waals surface area contributed by atoms with Gasteiger partial charge < -0.3 is 10.6 Å². The second kappa shape index (κ2) is 6.99. The van der Waals surface area contributed by atoms with Crippen molar-refractivity contribution in [3.63, 3.8) is 0 Å². The molecule has 0 radical (unpaired) electrons. The smallest absolute Gasteiger partial charge is 0.251 e. The zero-order valence-corrected chi connectivity index (χ0v) is 12.2. The SMILES string of the molecule is CNC(=O)c1ccc(CNCc2ccc(C)c(F)c2)cc1. The van der Waals surface area contributed by atoms with E-state index in [1.165, 1.54) is 0 Å². The zero-order chi connectivity index (χ0) is 15.2. The van der Waals surface area contributed by atoms with Crippen LogP contribution in [0.4, 0.5) is 4.39 Å². The summed E-state index contributed by atoms with van der Waals surface area (Å²) < 4.78 is 13.4. The first-order chi connectivity index (χ1) is 10.1. The first-order valence-corrected chi connectivity index (χ1v) is 6.87. The highest BCUT2D eigenvalue weighted by atomic mass is 19.1. The minimum Gasteiger partial charge on any atom is -0.355 e. The Morgan fingerprint density at radius 3 is 2.29 bits per heavy atom. The third kappa shape index (κ3) is 4.13. The first kappa shape index (κ1) is 15.2. The molecular weight excluding hydrogens is 267 g/mol. The molecule has 2 aromatic rings. The zero-order valence-electron chi connectivity index (χ0n) is 12.2. The second-order valence-electron chi connectivity index (χ2n) is 4.96. The van der Waals surface area contributed by atoms with Crippen molar-refractivity contribution >= 4 is 5.91 Å². The van der Waals surface area contributed by atoms with Gasteiger partial charge in [-0.2, -0.15) is 0 Å². The van der Waals surface area contributed by atoms with Crippen LogP contribution >= 0.6 is 0 Å². The molecule has 21 heavy (non-hydrogen) atoms. The van der Waals surface area contributed by atoms with Crippen LogP contribution in [0.5, 0.6) is 0 Å². The van der Waals surface area contributed by atoms with Crippen LogP contribution in [0, 0.1) is 12.7 Å². The lowest BCUT2D eigenvalue weighted by Crippen LogP contribution is -2.18. The summed E-state index contributed by atoms with van der Waals surface area (Å²) in [6.07, 6.45) is 0. The van der Waals surface area contributed by atoms with Crippen LogP contribution in [0.1, 0.15) is 27.0 Å². The van der Waals surface area contributed by atoms with E-state index < -0.39 is 0 Å². The van der Waals surface area contributed by atoms with Crippen LogP contribution in [0.15, 0.2) is 42.5 Å². The predicted molar refractivity (Wildman–Crippen MR) is 81.5 cm³/mol. The number of benzene rings is 2. The van der Waals surface area contributed by atoms with Crippen LogP contribution in [-0.4, -0.2) is 13.0 Å².